The quantitative estimate of drug-likeness (QED) is 0.664. The third-order valence-corrected chi connectivity index (χ3v) is 5.88. The molecule has 6 nitrogen and oxygen atoms in total. The number of fused-ring (bicyclic) bond motifs is 1. The molecule has 2 heterocycles. The standard InChI is InChI=1S/C25H27N5O/c1-18-12-15-30(16-13-18)24-23(28-21-9-5-6-10-22(21)29-24)20(17-26)25(31)27-14-11-19-7-3-2-4-8-19/h2-10,18,20H,11-16H2,1H3,(H,27,31)/t20-/m0/s1. The monoisotopic (exact) mass is 413 g/mol. The van der Waals surface area contributed by atoms with E-state index in [0.717, 1.165) is 37.0 Å². The van der Waals surface area contributed by atoms with Crippen molar-refractivity contribution < 1.29 is 4.79 Å². The van der Waals surface area contributed by atoms with Crippen LogP contribution in [0.1, 0.15) is 36.9 Å². The van der Waals surface area contributed by atoms with E-state index in [-0.39, 0.29) is 5.91 Å². The van der Waals surface area contributed by atoms with Gasteiger partial charge in [0.05, 0.1) is 17.1 Å². The Labute approximate surface area is 182 Å². The van der Waals surface area contributed by atoms with Crippen LogP contribution in [0, 0.1) is 17.2 Å². The first-order chi connectivity index (χ1) is 15.2. The molecule has 2 aromatic carbocycles. The number of nitrogens with zero attached hydrogens (tertiary/aromatic N) is 4. The maximum absolute atomic E-state index is 13.0. The molecule has 1 N–H and O–H groups in total. The molecule has 0 bridgehead atoms. The largest absolute Gasteiger partial charge is 0.355 e. The van der Waals surface area contributed by atoms with Crippen LogP contribution in [0.3, 0.4) is 0 Å². The zero-order valence-electron chi connectivity index (χ0n) is 17.8. The molecule has 3 aromatic rings. The number of hydrogen-bond acceptors (Lipinski definition) is 5. The number of para-hydroxylation sites is 2. The molecular weight excluding hydrogens is 386 g/mol. The van der Waals surface area contributed by atoms with Gasteiger partial charge in [0.1, 0.15) is 5.69 Å². The van der Waals surface area contributed by atoms with E-state index in [4.69, 9.17) is 9.97 Å². The molecule has 1 aliphatic rings. The topological polar surface area (TPSA) is 81.9 Å². The van der Waals surface area contributed by atoms with E-state index in [0.29, 0.717) is 35.9 Å². The molecule has 0 saturated carbocycles. The second-order valence-corrected chi connectivity index (χ2v) is 8.18. The van der Waals surface area contributed by atoms with Crippen molar-refractivity contribution in [3.63, 3.8) is 0 Å². The van der Waals surface area contributed by atoms with Crippen molar-refractivity contribution in [2.45, 2.75) is 32.1 Å². The van der Waals surface area contributed by atoms with Crippen molar-refractivity contribution in [1.82, 2.24) is 15.3 Å². The Balaban J connectivity index is 1.59. The lowest BCUT2D eigenvalue weighted by molar-refractivity contribution is -0.121. The van der Waals surface area contributed by atoms with Gasteiger partial charge in [0.2, 0.25) is 5.91 Å². The number of nitrogens with one attached hydrogen (secondary N) is 1. The number of carbonyl (C=O) groups is 1. The number of rotatable bonds is 6. The normalized spacial score (nSPS) is 15.4. The first-order valence-electron chi connectivity index (χ1n) is 10.9. The van der Waals surface area contributed by atoms with Crippen molar-refractivity contribution in [3.05, 3.63) is 65.9 Å². The van der Waals surface area contributed by atoms with Crippen LogP contribution in [-0.4, -0.2) is 35.5 Å². The Hall–Kier alpha value is -3.46. The highest BCUT2D eigenvalue weighted by Gasteiger charge is 2.29. The maximum atomic E-state index is 13.0. The van der Waals surface area contributed by atoms with Crippen LogP contribution in [0.5, 0.6) is 0 Å². The number of benzene rings is 2. The van der Waals surface area contributed by atoms with Crippen LogP contribution < -0.4 is 10.2 Å². The molecule has 1 aliphatic heterocycles. The summed E-state index contributed by atoms with van der Waals surface area (Å²) in [4.78, 5) is 24.7. The Morgan fingerprint density at radius 2 is 1.74 bits per heavy atom. The minimum Gasteiger partial charge on any atom is -0.355 e. The minimum absolute atomic E-state index is 0.324. The third kappa shape index (κ3) is 4.83. The average molecular weight is 414 g/mol. The van der Waals surface area contributed by atoms with Crippen LogP contribution in [-0.2, 0) is 11.2 Å². The van der Waals surface area contributed by atoms with Gasteiger partial charge in [-0.25, -0.2) is 9.97 Å². The number of hydrogen-bond donors (Lipinski definition) is 1. The molecule has 4 rings (SSSR count). The van der Waals surface area contributed by atoms with Gasteiger partial charge in [0.25, 0.3) is 0 Å². The Morgan fingerprint density at radius 1 is 1.10 bits per heavy atom. The number of amides is 1. The number of nitriles is 1. The van der Waals surface area contributed by atoms with Gasteiger partial charge in [-0.2, -0.15) is 5.26 Å². The second-order valence-electron chi connectivity index (χ2n) is 8.18. The molecule has 0 aliphatic carbocycles. The van der Waals surface area contributed by atoms with Gasteiger partial charge in [0.15, 0.2) is 11.7 Å². The van der Waals surface area contributed by atoms with Crippen LogP contribution in [0.4, 0.5) is 5.82 Å². The molecule has 158 valence electrons. The summed E-state index contributed by atoms with van der Waals surface area (Å²) in [6.45, 7) is 4.44. The molecule has 1 atom stereocenters. The van der Waals surface area contributed by atoms with Crippen molar-refractivity contribution >= 4 is 22.8 Å². The molecule has 1 fully saturated rings. The highest BCUT2D eigenvalue weighted by molar-refractivity contribution is 5.88. The summed E-state index contributed by atoms with van der Waals surface area (Å²) in [5.41, 5.74) is 3.07. The highest BCUT2D eigenvalue weighted by atomic mass is 16.1. The number of carbonyl (C=O) groups excluding carboxylic acids is 1. The van der Waals surface area contributed by atoms with Gasteiger partial charge in [-0.15, -0.1) is 0 Å². The van der Waals surface area contributed by atoms with Gasteiger partial charge in [-0.05, 0) is 42.9 Å². The number of aromatic nitrogens is 2. The van der Waals surface area contributed by atoms with Crippen molar-refractivity contribution in [1.29, 1.82) is 5.26 Å². The average Bonchev–Trinajstić information content (AvgIpc) is 2.80. The molecule has 1 saturated heterocycles. The van der Waals surface area contributed by atoms with Crippen LogP contribution >= 0.6 is 0 Å². The van der Waals surface area contributed by atoms with Crippen molar-refractivity contribution in [2.75, 3.05) is 24.5 Å². The predicted molar refractivity (Wildman–Crippen MR) is 122 cm³/mol. The van der Waals surface area contributed by atoms with E-state index in [1.165, 1.54) is 0 Å². The lowest BCUT2D eigenvalue weighted by atomic mass is 9.98. The van der Waals surface area contributed by atoms with E-state index >= 15 is 0 Å². The maximum Gasteiger partial charge on any atom is 0.243 e. The van der Waals surface area contributed by atoms with Gasteiger partial charge < -0.3 is 10.2 Å². The van der Waals surface area contributed by atoms with E-state index < -0.39 is 5.92 Å². The fraction of sp³-hybridized carbons (Fsp3) is 0.360. The zero-order valence-corrected chi connectivity index (χ0v) is 17.8. The third-order valence-electron chi connectivity index (χ3n) is 5.88. The van der Waals surface area contributed by atoms with E-state index in [9.17, 15) is 10.1 Å². The van der Waals surface area contributed by atoms with E-state index in [2.05, 4.69) is 23.2 Å². The van der Waals surface area contributed by atoms with Gasteiger partial charge >= 0.3 is 0 Å². The summed E-state index contributed by atoms with van der Waals surface area (Å²) in [5.74, 6) is 0.00777. The van der Waals surface area contributed by atoms with Crippen LogP contribution in [0.25, 0.3) is 11.0 Å². The number of anilines is 1. The van der Waals surface area contributed by atoms with E-state index in [1.54, 1.807) is 0 Å². The summed E-state index contributed by atoms with van der Waals surface area (Å²) < 4.78 is 0. The molecule has 31 heavy (non-hydrogen) atoms. The molecule has 1 aromatic heterocycles. The van der Waals surface area contributed by atoms with Gasteiger partial charge in [-0.3, -0.25) is 4.79 Å². The number of piperidine rings is 1. The zero-order chi connectivity index (χ0) is 21.6. The van der Waals surface area contributed by atoms with Crippen LogP contribution in [0.2, 0.25) is 0 Å². The van der Waals surface area contributed by atoms with Gasteiger partial charge in [0, 0.05) is 19.6 Å². The molecule has 0 radical (unpaired) electrons. The molecule has 0 spiro atoms. The lowest BCUT2D eigenvalue weighted by Crippen LogP contribution is -2.36. The molecule has 1 amide bonds. The highest BCUT2D eigenvalue weighted by Crippen LogP contribution is 2.30. The summed E-state index contributed by atoms with van der Waals surface area (Å²) in [7, 11) is 0. The summed E-state index contributed by atoms with van der Waals surface area (Å²) >= 11 is 0. The predicted octanol–water partition coefficient (Wildman–Crippen LogP) is 3.83. The first kappa shape index (κ1) is 20.8. The van der Waals surface area contributed by atoms with Crippen molar-refractivity contribution in [2.24, 2.45) is 5.92 Å². The minimum atomic E-state index is -0.998. The van der Waals surface area contributed by atoms with Crippen molar-refractivity contribution in [3.8, 4) is 6.07 Å². The fourth-order valence-electron chi connectivity index (χ4n) is 3.97. The van der Waals surface area contributed by atoms with Crippen LogP contribution in [0.15, 0.2) is 54.6 Å². The molecule has 0 unspecified atom stereocenters. The summed E-state index contributed by atoms with van der Waals surface area (Å²) in [6.07, 6.45) is 2.84. The Bertz CT molecular complexity index is 1080. The lowest BCUT2D eigenvalue weighted by Gasteiger charge is -2.32. The Morgan fingerprint density at radius 3 is 2.42 bits per heavy atom. The summed E-state index contributed by atoms with van der Waals surface area (Å²) in [5, 5.41) is 12.8. The smallest absolute Gasteiger partial charge is 0.243 e. The summed E-state index contributed by atoms with van der Waals surface area (Å²) in [6, 6.07) is 19.8. The second kappa shape index (κ2) is 9.57. The van der Waals surface area contributed by atoms with Gasteiger partial charge in [-0.1, -0.05) is 49.4 Å². The first-order valence-corrected chi connectivity index (χ1v) is 10.9. The SMILES string of the molecule is CC1CCN(c2nc3ccccc3nc2[C@H](C#N)C(=O)NCCc2ccccc2)CC1. The fourth-order valence-corrected chi connectivity index (χ4v) is 3.97. The van der Waals surface area contributed by atoms with E-state index in [1.807, 2.05) is 54.6 Å². The molecular formula is C25H27N5O. The molecule has 6 heteroatoms. The Kier molecular flexibility index (Phi) is 6.42.